The molecule has 1 aromatic carbocycles. The summed E-state index contributed by atoms with van der Waals surface area (Å²) >= 11 is 0. The number of likely N-dealkylation sites (tertiary alicyclic amines) is 1. The average molecular weight is 292 g/mol. The number of aliphatic hydroxyl groups is 1. The Hall–Kier alpha value is -2.41. The van der Waals surface area contributed by atoms with Gasteiger partial charge in [0.2, 0.25) is 5.91 Å². The lowest BCUT2D eigenvalue weighted by molar-refractivity contribution is -0.147. The molecule has 3 N–H and O–H groups in total. The van der Waals surface area contributed by atoms with Gasteiger partial charge in [-0.05, 0) is 12.1 Å². The summed E-state index contributed by atoms with van der Waals surface area (Å²) in [5.74, 6) is -2.09. The maximum Gasteiger partial charge on any atom is 0.326 e. The monoisotopic (exact) mass is 292 g/mol. The number of aliphatic carboxylic acids is 1. The van der Waals surface area contributed by atoms with E-state index in [9.17, 15) is 19.5 Å². The third-order valence-electron chi connectivity index (χ3n) is 3.32. The van der Waals surface area contributed by atoms with Crippen molar-refractivity contribution in [1.82, 2.24) is 10.2 Å². The predicted octanol–water partition coefficient (Wildman–Crippen LogP) is -0.537. The maximum atomic E-state index is 12.0. The highest BCUT2D eigenvalue weighted by atomic mass is 16.4. The van der Waals surface area contributed by atoms with E-state index in [0.717, 1.165) is 4.90 Å². The lowest BCUT2D eigenvalue weighted by atomic mass is 10.2. The van der Waals surface area contributed by atoms with E-state index in [0.29, 0.717) is 5.56 Å². The minimum absolute atomic E-state index is 0.00764. The summed E-state index contributed by atoms with van der Waals surface area (Å²) in [6.45, 7) is -0.332. The highest BCUT2D eigenvalue weighted by molar-refractivity contribution is 5.96. The Morgan fingerprint density at radius 3 is 2.52 bits per heavy atom. The molecular formula is C14H16N2O5. The van der Waals surface area contributed by atoms with Crippen molar-refractivity contribution in [2.24, 2.45) is 0 Å². The van der Waals surface area contributed by atoms with Gasteiger partial charge in [-0.25, -0.2) is 4.79 Å². The van der Waals surface area contributed by atoms with Crippen LogP contribution in [0, 0.1) is 0 Å². The highest BCUT2D eigenvalue weighted by Crippen LogP contribution is 2.18. The molecule has 0 radical (unpaired) electrons. The molecule has 0 aliphatic carbocycles. The topological polar surface area (TPSA) is 107 Å². The van der Waals surface area contributed by atoms with Crippen LogP contribution in [0.15, 0.2) is 30.3 Å². The average Bonchev–Trinajstić information content (AvgIpc) is 2.87. The van der Waals surface area contributed by atoms with E-state index in [-0.39, 0.29) is 19.5 Å². The van der Waals surface area contributed by atoms with Crippen LogP contribution in [0.5, 0.6) is 0 Å². The molecule has 0 unspecified atom stereocenters. The lowest BCUT2D eigenvalue weighted by Gasteiger charge is -2.21. The van der Waals surface area contributed by atoms with Crippen LogP contribution in [-0.2, 0) is 9.59 Å². The van der Waals surface area contributed by atoms with Crippen LogP contribution in [0.2, 0.25) is 0 Å². The van der Waals surface area contributed by atoms with Crippen molar-refractivity contribution in [2.75, 3.05) is 13.1 Å². The molecule has 1 fully saturated rings. The van der Waals surface area contributed by atoms with Crippen LogP contribution >= 0.6 is 0 Å². The minimum Gasteiger partial charge on any atom is -0.480 e. The summed E-state index contributed by atoms with van der Waals surface area (Å²) in [7, 11) is 0. The Morgan fingerprint density at radius 1 is 1.24 bits per heavy atom. The number of benzene rings is 1. The molecule has 7 nitrogen and oxygen atoms in total. The van der Waals surface area contributed by atoms with Gasteiger partial charge in [-0.2, -0.15) is 0 Å². The quantitative estimate of drug-likeness (QED) is 0.691. The van der Waals surface area contributed by atoms with E-state index in [4.69, 9.17) is 5.11 Å². The predicted molar refractivity (Wildman–Crippen MR) is 72.5 cm³/mol. The van der Waals surface area contributed by atoms with Gasteiger partial charge in [-0.1, -0.05) is 18.2 Å². The Balaban J connectivity index is 1.92. The number of carboxylic acid groups (broad SMARTS) is 1. The lowest BCUT2D eigenvalue weighted by Crippen LogP contribution is -2.45. The second kappa shape index (κ2) is 6.36. The van der Waals surface area contributed by atoms with E-state index in [2.05, 4.69) is 5.32 Å². The number of carbonyl (C=O) groups excluding carboxylic acids is 2. The largest absolute Gasteiger partial charge is 0.480 e. The fraction of sp³-hybridized carbons (Fsp3) is 0.357. The maximum absolute atomic E-state index is 12.0. The zero-order valence-electron chi connectivity index (χ0n) is 11.2. The van der Waals surface area contributed by atoms with Crippen molar-refractivity contribution in [3.8, 4) is 0 Å². The normalized spacial score (nSPS) is 21.1. The van der Waals surface area contributed by atoms with Crippen molar-refractivity contribution in [2.45, 2.75) is 18.6 Å². The first-order chi connectivity index (χ1) is 9.99. The molecule has 0 aromatic heterocycles. The van der Waals surface area contributed by atoms with Gasteiger partial charge < -0.3 is 20.4 Å². The van der Waals surface area contributed by atoms with Gasteiger partial charge in [0.1, 0.15) is 6.04 Å². The number of aliphatic hydroxyl groups excluding tert-OH is 1. The van der Waals surface area contributed by atoms with Crippen LogP contribution in [0.1, 0.15) is 16.8 Å². The van der Waals surface area contributed by atoms with Gasteiger partial charge in [-0.3, -0.25) is 9.59 Å². The molecule has 0 bridgehead atoms. The molecular weight excluding hydrogens is 276 g/mol. The Bertz CT molecular complexity index is 546. The number of carbonyl (C=O) groups is 3. The van der Waals surface area contributed by atoms with E-state index in [1.165, 1.54) is 0 Å². The van der Waals surface area contributed by atoms with Gasteiger partial charge in [0.05, 0.1) is 12.6 Å². The van der Waals surface area contributed by atoms with Crippen LogP contribution in [0.3, 0.4) is 0 Å². The van der Waals surface area contributed by atoms with Crippen molar-refractivity contribution in [3.05, 3.63) is 35.9 Å². The number of hydrogen-bond donors (Lipinski definition) is 3. The van der Waals surface area contributed by atoms with Crippen molar-refractivity contribution in [3.63, 3.8) is 0 Å². The summed E-state index contributed by atoms with van der Waals surface area (Å²) in [4.78, 5) is 35.9. The zero-order chi connectivity index (χ0) is 15.4. The smallest absolute Gasteiger partial charge is 0.326 e. The molecule has 1 saturated heterocycles. The van der Waals surface area contributed by atoms with E-state index in [1.54, 1.807) is 30.3 Å². The second-order valence-electron chi connectivity index (χ2n) is 4.84. The van der Waals surface area contributed by atoms with E-state index >= 15 is 0 Å². The second-order valence-corrected chi connectivity index (χ2v) is 4.84. The Morgan fingerprint density at radius 2 is 1.90 bits per heavy atom. The SMILES string of the molecule is O=C(NCC(=O)N1C[C@H](O)C[C@H]1C(=O)O)c1ccccc1. The number of nitrogens with one attached hydrogen (secondary N) is 1. The number of nitrogens with zero attached hydrogens (tertiary/aromatic N) is 1. The molecule has 2 atom stereocenters. The number of rotatable bonds is 4. The van der Waals surface area contributed by atoms with Crippen LogP contribution in [-0.4, -0.2) is 58.1 Å². The fourth-order valence-electron chi connectivity index (χ4n) is 2.27. The third kappa shape index (κ3) is 3.57. The zero-order valence-corrected chi connectivity index (χ0v) is 11.2. The summed E-state index contributed by atoms with van der Waals surface area (Å²) < 4.78 is 0. The standard InChI is InChI=1S/C14H16N2O5/c17-10-6-11(14(20)21)16(8-10)12(18)7-15-13(19)9-4-2-1-3-5-9/h1-5,10-11,17H,6-8H2,(H,15,19)(H,20,21)/t10-,11+/m1/s1. The van der Waals surface area contributed by atoms with Gasteiger partial charge in [-0.15, -0.1) is 0 Å². The van der Waals surface area contributed by atoms with Crippen LogP contribution in [0.4, 0.5) is 0 Å². The molecule has 1 heterocycles. The molecule has 2 rings (SSSR count). The summed E-state index contributed by atoms with van der Waals surface area (Å²) in [6.07, 6.45) is -0.840. The van der Waals surface area contributed by atoms with E-state index < -0.39 is 29.9 Å². The first kappa shape index (κ1) is 15.0. The summed E-state index contributed by atoms with van der Waals surface area (Å²) in [5.41, 5.74) is 0.418. The first-order valence-electron chi connectivity index (χ1n) is 6.52. The molecule has 7 heteroatoms. The molecule has 0 saturated carbocycles. The van der Waals surface area contributed by atoms with Gasteiger partial charge in [0.25, 0.3) is 5.91 Å². The van der Waals surface area contributed by atoms with Crippen LogP contribution in [0.25, 0.3) is 0 Å². The molecule has 2 amide bonds. The number of hydrogen-bond acceptors (Lipinski definition) is 4. The number of β-amino-alcohol motifs (C(OH)–C–C–N with tert-alkyl or cyclic N) is 1. The van der Waals surface area contributed by atoms with E-state index in [1.807, 2.05) is 0 Å². The highest BCUT2D eigenvalue weighted by Gasteiger charge is 2.38. The molecule has 112 valence electrons. The first-order valence-corrected chi connectivity index (χ1v) is 6.52. The van der Waals surface area contributed by atoms with Crippen molar-refractivity contribution in [1.29, 1.82) is 0 Å². The summed E-state index contributed by atoms with van der Waals surface area (Å²) in [6, 6.07) is 7.35. The molecule has 1 aliphatic rings. The molecule has 1 aromatic rings. The fourth-order valence-corrected chi connectivity index (χ4v) is 2.27. The van der Waals surface area contributed by atoms with Crippen molar-refractivity contribution >= 4 is 17.8 Å². The summed E-state index contributed by atoms with van der Waals surface area (Å²) in [5, 5.41) is 20.9. The van der Waals surface area contributed by atoms with Crippen LogP contribution < -0.4 is 5.32 Å². The molecule has 1 aliphatic heterocycles. The van der Waals surface area contributed by atoms with Crippen molar-refractivity contribution < 1.29 is 24.6 Å². The van der Waals surface area contributed by atoms with Gasteiger partial charge >= 0.3 is 5.97 Å². The number of amides is 2. The van der Waals surface area contributed by atoms with Gasteiger partial charge in [0.15, 0.2) is 0 Å². The Kier molecular flexibility index (Phi) is 4.54. The molecule has 21 heavy (non-hydrogen) atoms. The Labute approximate surface area is 121 Å². The minimum atomic E-state index is -1.16. The third-order valence-corrected chi connectivity index (χ3v) is 3.32. The number of carboxylic acids is 1. The molecule has 0 spiro atoms. The van der Waals surface area contributed by atoms with Gasteiger partial charge in [0, 0.05) is 18.5 Å².